The first-order chi connectivity index (χ1) is 8.99. The largest absolute Gasteiger partial charge is 0.487 e. The summed E-state index contributed by atoms with van der Waals surface area (Å²) in [5, 5.41) is 9.69. The lowest BCUT2D eigenvalue weighted by Crippen LogP contribution is -2.17. The third-order valence-electron chi connectivity index (χ3n) is 2.53. The van der Waals surface area contributed by atoms with Gasteiger partial charge in [-0.1, -0.05) is 22.0 Å². The Morgan fingerprint density at radius 2 is 2.21 bits per heavy atom. The Hall–Kier alpha value is -1.14. The fourth-order valence-electron chi connectivity index (χ4n) is 1.75. The lowest BCUT2D eigenvalue weighted by Gasteiger charge is -2.16. The van der Waals surface area contributed by atoms with Crippen molar-refractivity contribution in [1.82, 2.24) is 4.98 Å². The number of hydrogen-bond donors (Lipinski definition) is 1. The molecule has 0 saturated heterocycles. The molecule has 19 heavy (non-hydrogen) atoms. The van der Waals surface area contributed by atoms with Gasteiger partial charge in [0.05, 0.1) is 10.9 Å². The molecule has 6 heteroatoms. The second-order valence-corrected chi connectivity index (χ2v) is 5.80. The monoisotopic (exact) mass is 387 g/mol. The molecule has 100 valence electrons. The van der Waals surface area contributed by atoms with Crippen molar-refractivity contribution in [1.29, 1.82) is 0 Å². The van der Waals surface area contributed by atoms with Crippen molar-refractivity contribution in [3.05, 3.63) is 33.3 Å². The molecule has 1 aromatic carbocycles. The number of rotatable bonds is 4. The predicted molar refractivity (Wildman–Crippen MR) is 79.5 cm³/mol. The van der Waals surface area contributed by atoms with E-state index in [-0.39, 0.29) is 6.42 Å². The number of carboxylic acid groups (broad SMARTS) is 1. The normalized spacial score (nSPS) is 12.4. The van der Waals surface area contributed by atoms with E-state index in [4.69, 9.17) is 9.84 Å². The number of aliphatic carboxylic acids is 1. The maximum atomic E-state index is 10.7. The highest BCUT2D eigenvalue weighted by atomic mass is 79.9. The van der Waals surface area contributed by atoms with Gasteiger partial charge in [-0.2, -0.15) is 0 Å². The summed E-state index contributed by atoms with van der Waals surface area (Å²) in [6.45, 7) is 1.72. The highest BCUT2D eigenvalue weighted by Gasteiger charge is 2.16. The molecule has 0 radical (unpaired) electrons. The van der Waals surface area contributed by atoms with Gasteiger partial charge in [0.1, 0.15) is 11.6 Å². The molecule has 1 heterocycles. The van der Waals surface area contributed by atoms with Crippen molar-refractivity contribution < 1.29 is 14.6 Å². The molecule has 0 amide bonds. The molecule has 0 unspecified atom stereocenters. The average Bonchev–Trinajstić information content (AvgIpc) is 2.33. The first kappa shape index (κ1) is 14.3. The van der Waals surface area contributed by atoms with Crippen LogP contribution in [0, 0.1) is 0 Å². The summed E-state index contributed by atoms with van der Waals surface area (Å²) in [6.07, 6.45) is 1.19. The van der Waals surface area contributed by atoms with Gasteiger partial charge in [-0.25, -0.2) is 0 Å². The summed E-state index contributed by atoms with van der Waals surface area (Å²) >= 11 is 6.89. The summed E-state index contributed by atoms with van der Waals surface area (Å²) in [6, 6.07) is 5.63. The number of ether oxygens (including phenoxy) is 1. The van der Waals surface area contributed by atoms with E-state index < -0.39 is 12.1 Å². The van der Waals surface area contributed by atoms with Gasteiger partial charge in [0, 0.05) is 16.1 Å². The number of hydrogen-bond acceptors (Lipinski definition) is 3. The molecule has 0 aliphatic heterocycles. The summed E-state index contributed by atoms with van der Waals surface area (Å²) in [7, 11) is 0. The maximum absolute atomic E-state index is 10.7. The summed E-state index contributed by atoms with van der Waals surface area (Å²) in [5.41, 5.74) is 0.695. The number of halogens is 2. The molecule has 0 fully saturated rings. The van der Waals surface area contributed by atoms with Gasteiger partial charge in [0.2, 0.25) is 0 Å². The summed E-state index contributed by atoms with van der Waals surface area (Å²) in [4.78, 5) is 15.0. The molecule has 0 aliphatic rings. The molecule has 0 saturated carbocycles. The van der Waals surface area contributed by atoms with Gasteiger partial charge < -0.3 is 9.84 Å². The van der Waals surface area contributed by atoms with Crippen LogP contribution in [0.1, 0.15) is 13.3 Å². The van der Waals surface area contributed by atoms with Crippen molar-refractivity contribution in [2.24, 2.45) is 0 Å². The molecule has 0 bridgehead atoms. The second kappa shape index (κ2) is 5.88. The molecule has 1 N–H and O–H groups in total. The van der Waals surface area contributed by atoms with Crippen molar-refractivity contribution >= 4 is 48.7 Å². The van der Waals surface area contributed by atoms with E-state index in [1.165, 1.54) is 0 Å². The highest BCUT2D eigenvalue weighted by molar-refractivity contribution is 9.11. The molecule has 0 spiro atoms. The highest BCUT2D eigenvalue weighted by Crippen LogP contribution is 2.37. The average molecular weight is 389 g/mol. The smallest absolute Gasteiger partial charge is 0.307 e. The number of aromatic nitrogens is 1. The second-order valence-electron chi connectivity index (χ2n) is 4.10. The van der Waals surface area contributed by atoms with E-state index in [0.29, 0.717) is 11.3 Å². The summed E-state index contributed by atoms with van der Waals surface area (Å²) in [5.74, 6) is -0.328. The fraction of sp³-hybridized carbons (Fsp3) is 0.231. The van der Waals surface area contributed by atoms with Crippen LogP contribution in [0.5, 0.6) is 5.75 Å². The van der Waals surface area contributed by atoms with Gasteiger partial charge in [-0.05, 0) is 35.0 Å². The SMILES string of the molecule is C[C@H](CC(=O)O)Oc1c(Br)cc(Br)c2cccnc12. The van der Waals surface area contributed by atoms with Crippen LogP contribution in [0.15, 0.2) is 33.3 Å². The van der Waals surface area contributed by atoms with Crippen molar-refractivity contribution in [2.75, 3.05) is 0 Å². The van der Waals surface area contributed by atoms with Crippen LogP contribution < -0.4 is 4.74 Å². The Morgan fingerprint density at radius 1 is 1.47 bits per heavy atom. The van der Waals surface area contributed by atoms with Crippen molar-refractivity contribution in [3.63, 3.8) is 0 Å². The third-order valence-corrected chi connectivity index (χ3v) is 3.78. The standard InChI is InChI=1S/C13H11Br2NO3/c1-7(5-11(17)18)19-13-10(15)6-9(14)8-3-2-4-16-12(8)13/h2-4,6-7H,5H2,1H3,(H,17,18)/t7-/m1/s1. The van der Waals surface area contributed by atoms with E-state index in [2.05, 4.69) is 36.8 Å². The Balaban J connectivity index is 2.45. The van der Waals surface area contributed by atoms with Crippen LogP contribution in [-0.4, -0.2) is 22.2 Å². The lowest BCUT2D eigenvalue weighted by atomic mass is 10.2. The minimum absolute atomic E-state index is 0.0587. The number of carboxylic acids is 1. The van der Waals surface area contributed by atoms with Crippen LogP contribution in [0.4, 0.5) is 0 Å². The predicted octanol–water partition coefficient (Wildman–Crippen LogP) is 4.00. The molecule has 1 aromatic heterocycles. The minimum atomic E-state index is -0.891. The molecule has 4 nitrogen and oxygen atoms in total. The van der Waals surface area contributed by atoms with E-state index in [9.17, 15) is 4.79 Å². The summed E-state index contributed by atoms with van der Waals surface area (Å²) < 4.78 is 7.36. The van der Waals surface area contributed by atoms with Crippen molar-refractivity contribution in [3.8, 4) is 5.75 Å². The number of pyridine rings is 1. The molecule has 0 aliphatic carbocycles. The number of carbonyl (C=O) groups is 1. The van der Waals surface area contributed by atoms with E-state index in [0.717, 1.165) is 14.3 Å². The van der Waals surface area contributed by atoms with E-state index >= 15 is 0 Å². The Morgan fingerprint density at radius 3 is 2.89 bits per heavy atom. The van der Waals surface area contributed by atoms with Gasteiger partial charge >= 0.3 is 5.97 Å². The zero-order valence-electron chi connectivity index (χ0n) is 10.1. The van der Waals surface area contributed by atoms with E-state index in [1.54, 1.807) is 13.1 Å². The Labute approximate surface area is 127 Å². The molecule has 2 rings (SSSR count). The minimum Gasteiger partial charge on any atom is -0.487 e. The zero-order valence-corrected chi connectivity index (χ0v) is 13.2. The fourth-order valence-corrected chi connectivity index (χ4v) is 3.11. The Kier molecular flexibility index (Phi) is 4.42. The topological polar surface area (TPSA) is 59.4 Å². The quantitative estimate of drug-likeness (QED) is 0.859. The van der Waals surface area contributed by atoms with Gasteiger partial charge in [-0.15, -0.1) is 0 Å². The Bertz CT molecular complexity index is 631. The molecule has 2 aromatic rings. The first-order valence-corrected chi connectivity index (χ1v) is 7.19. The molecular weight excluding hydrogens is 378 g/mol. The van der Waals surface area contributed by atoms with Gasteiger partial charge in [0.15, 0.2) is 5.75 Å². The van der Waals surface area contributed by atoms with Gasteiger partial charge in [0.25, 0.3) is 0 Å². The number of fused-ring (bicyclic) bond motifs is 1. The number of nitrogens with zero attached hydrogens (tertiary/aromatic N) is 1. The van der Waals surface area contributed by atoms with E-state index in [1.807, 2.05) is 18.2 Å². The number of benzene rings is 1. The van der Waals surface area contributed by atoms with Crippen molar-refractivity contribution in [2.45, 2.75) is 19.4 Å². The lowest BCUT2D eigenvalue weighted by molar-refractivity contribution is -0.138. The van der Waals surface area contributed by atoms with Crippen LogP contribution in [0.3, 0.4) is 0 Å². The maximum Gasteiger partial charge on any atom is 0.307 e. The third kappa shape index (κ3) is 3.25. The first-order valence-electron chi connectivity index (χ1n) is 5.60. The van der Waals surface area contributed by atoms with Gasteiger partial charge in [-0.3, -0.25) is 9.78 Å². The zero-order chi connectivity index (χ0) is 14.0. The molecule has 1 atom stereocenters. The van der Waals surface area contributed by atoms with Crippen LogP contribution in [0.25, 0.3) is 10.9 Å². The van der Waals surface area contributed by atoms with Crippen LogP contribution >= 0.6 is 31.9 Å². The van der Waals surface area contributed by atoms with Crippen LogP contribution in [0.2, 0.25) is 0 Å². The molecular formula is C13H11Br2NO3. The van der Waals surface area contributed by atoms with Crippen LogP contribution in [-0.2, 0) is 4.79 Å².